The lowest BCUT2D eigenvalue weighted by atomic mass is 10.2. The average molecular weight is 372 g/mol. The molecule has 0 aliphatic carbocycles. The molecule has 7 nitrogen and oxygen atoms in total. The molecule has 0 unspecified atom stereocenters. The van der Waals surface area contributed by atoms with Crippen molar-refractivity contribution in [2.24, 2.45) is 0 Å². The zero-order chi connectivity index (χ0) is 18.4. The number of rotatable bonds is 7. The molecule has 0 N–H and O–H groups in total. The molecule has 0 spiro atoms. The largest absolute Gasteiger partial charge is 0.459 e. The summed E-state index contributed by atoms with van der Waals surface area (Å²) in [5.74, 6) is 0.0481. The van der Waals surface area contributed by atoms with Gasteiger partial charge in [-0.15, -0.1) is 10.2 Å². The number of hydrogen-bond donors (Lipinski definition) is 0. The Balaban J connectivity index is 1.66. The van der Waals surface area contributed by atoms with Crippen LogP contribution in [-0.4, -0.2) is 28.4 Å². The van der Waals surface area contributed by atoms with Crippen molar-refractivity contribution in [3.63, 3.8) is 0 Å². The molecule has 0 atom stereocenters. The van der Waals surface area contributed by atoms with Crippen molar-refractivity contribution in [1.82, 2.24) is 10.2 Å². The number of halogens is 1. The third kappa shape index (κ3) is 4.29. The number of nitriles is 1. The molecule has 3 aromatic rings. The van der Waals surface area contributed by atoms with Gasteiger partial charge in [0.05, 0.1) is 24.5 Å². The Labute approximate surface area is 152 Å². The third-order valence-electron chi connectivity index (χ3n) is 3.34. The van der Waals surface area contributed by atoms with Gasteiger partial charge in [-0.25, -0.2) is 4.39 Å². The number of nitrogens with zero attached hydrogens (tertiary/aromatic N) is 4. The molecule has 1 amide bonds. The summed E-state index contributed by atoms with van der Waals surface area (Å²) in [4.78, 5) is 14.0. The van der Waals surface area contributed by atoms with Gasteiger partial charge in [0.2, 0.25) is 5.91 Å². The van der Waals surface area contributed by atoms with Gasteiger partial charge in [-0.2, -0.15) is 5.26 Å². The fraction of sp³-hybridized carbons (Fsp3) is 0.176. The number of carbonyl (C=O) groups is 1. The lowest BCUT2D eigenvalue weighted by Gasteiger charge is -2.21. The van der Waals surface area contributed by atoms with E-state index in [4.69, 9.17) is 14.1 Å². The second kappa shape index (κ2) is 8.31. The summed E-state index contributed by atoms with van der Waals surface area (Å²) in [6.07, 6.45) is 1.66. The van der Waals surface area contributed by atoms with Gasteiger partial charge in [0.25, 0.3) is 11.1 Å². The molecule has 2 heterocycles. The molecule has 1 aromatic carbocycles. The van der Waals surface area contributed by atoms with Crippen molar-refractivity contribution in [3.8, 4) is 17.7 Å². The normalized spacial score (nSPS) is 10.5. The molecule has 0 fully saturated rings. The molecular weight excluding hydrogens is 359 g/mol. The quantitative estimate of drug-likeness (QED) is 0.586. The second-order valence-electron chi connectivity index (χ2n) is 5.07. The number of amides is 1. The van der Waals surface area contributed by atoms with E-state index in [9.17, 15) is 9.18 Å². The maximum atomic E-state index is 13.1. The van der Waals surface area contributed by atoms with Crippen molar-refractivity contribution in [2.45, 2.75) is 11.6 Å². The minimum absolute atomic E-state index is 0.0304. The SMILES string of the molecule is N#CCCN(C(=O)CSc1nnc(-c2ccco2)o1)c1ccc(F)cc1. The first-order valence-corrected chi connectivity index (χ1v) is 8.59. The Kier molecular flexibility index (Phi) is 5.66. The Morgan fingerprint density at radius 3 is 2.77 bits per heavy atom. The Bertz CT molecular complexity index is 903. The van der Waals surface area contributed by atoms with Gasteiger partial charge in [-0.1, -0.05) is 11.8 Å². The van der Waals surface area contributed by atoms with E-state index in [0.29, 0.717) is 11.4 Å². The number of anilines is 1. The number of aromatic nitrogens is 2. The first kappa shape index (κ1) is 17.7. The Hall–Kier alpha value is -3.12. The maximum absolute atomic E-state index is 13.1. The van der Waals surface area contributed by atoms with Crippen molar-refractivity contribution in [2.75, 3.05) is 17.2 Å². The molecule has 26 heavy (non-hydrogen) atoms. The summed E-state index contributed by atoms with van der Waals surface area (Å²) < 4.78 is 23.7. The van der Waals surface area contributed by atoms with Crippen LogP contribution in [0.1, 0.15) is 6.42 Å². The van der Waals surface area contributed by atoms with E-state index >= 15 is 0 Å². The molecule has 0 saturated carbocycles. The van der Waals surface area contributed by atoms with Crippen LogP contribution in [-0.2, 0) is 4.79 Å². The number of hydrogen-bond acceptors (Lipinski definition) is 7. The fourth-order valence-electron chi connectivity index (χ4n) is 2.15. The van der Waals surface area contributed by atoms with Crippen molar-refractivity contribution in [3.05, 3.63) is 48.5 Å². The van der Waals surface area contributed by atoms with Gasteiger partial charge < -0.3 is 13.7 Å². The lowest BCUT2D eigenvalue weighted by molar-refractivity contribution is -0.116. The summed E-state index contributed by atoms with van der Waals surface area (Å²) in [5, 5.41) is 16.7. The second-order valence-corrected chi connectivity index (χ2v) is 6.00. The summed E-state index contributed by atoms with van der Waals surface area (Å²) in [6, 6.07) is 10.9. The molecular formula is C17H13FN4O3S. The van der Waals surface area contributed by atoms with Crippen LogP contribution in [0.15, 0.2) is 56.7 Å². The van der Waals surface area contributed by atoms with E-state index in [1.807, 2.05) is 6.07 Å². The highest BCUT2D eigenvalue weighted by molar-refractivity contribution is 7.99. The van der Waals surface area contributed by atoms with Gasteiger partial charge in [0, 0.05) is 12.2 Å². The molecule has 3 rings (SSSR count). The van der Waals surface area contributed by atoms with Crippen LogP contribution in [0.2, 0.25) is 0 Å². The minimum atomic E-state index is -0.396. The monoisotopic (exact) mass is 372 g/mol. The predicted molar refractivity (Wildman–Crippen MR) is 91.7 cm³/mol. The van der Waals surface area contributed by atoms with E-state index in [1.54, 1.807) is 12.1 Å². The molecule has 2 aromatic heterocycles. The summed E-state index contributed by atoms with van der Waals surface area (Å²) in [5.41, 5.74) is 0.522. The van der Waals surface area contributed by atoms with Crippen molar-refractivity contribution < 1.29 is 18.0 Å². The number of furan rings is 1. The highest BCUT2D eigenvalue weighted by Crippen LogP contribution is 2.24. The molecule has 0 bridgehead atoms. The summed E-state index contributed by atoms with van der Waals surface area (Å²) in [6.45, 7) is 0.211. The minimum Gasteiger partial charge on any atom is -0.459 e. The van der Waals surface area contributed by atoms with Gasteiger partial charge in [-0.05, 0) is 36.4 Å². The smallest absolute Gasteiger partial charge is 0.284 e. The van der Waals surface area contributed by atoms with Crippen molar-refractivity contribution in [1.29, 1.82) is 5.26 Å². The van der Waals surface area contributed by atoms with Crippen molar-refractivity contribution >= 4 is 23.4 Å². The highest BCUT2D eigenvalue weighted by Gasteiger charge is 2.18. The van der Waals surface area contributed by atoms with Crippen LogP contribution in [0.5, 0.6) is 0 Å². The van der Waals surface area contributed by atoms with E-state index in [2.05, 4.69) is 10.2 Å². The van der Waals surface area contributed by atoms with E-state index < -0.39 is 5.82 Å². The third-order valence-corrected chi connectivity index (χ3v) is 4.15. The van der Waals surface area contributed by atoms with Gasteiger partial charge in [-0.3, -0.25) is 4.79 Å². The van der Waals surface area contributed by atoms with E-state index in [-0.39, 0.29) is 35.7 Å². The summed E-state index contributed by atoms with van der Waals surface area (Å²) >= 11 is 1.08. The zero-order valence-electron chi connectivity index (χ0n) is 13.5. The molecule has 132 valence electrons. The van der Waals surface area contributed by atoms with Crippen LogP contribution in [0.4, 0.5) is 10.1 Å². The Morgan fingerprint density at radius 1 is 1.27 bits per heavy atom. The van der Waals surface area contributed by atoms with E-state index in [1.165, 1.54) is 35.4 Å². The molecule has 0 aliphatic heterocycles. The lowest BCUT2D eigenvalue weighted by Crippen LogP contribution is -2.33. The van der Waals surface area contributed by atoms with E-state index in [0.717, 1.165) is 11.8 Å². The summed E-state index contributed by atoms with van der Waals surface area (Å²) in [7, 11) is 0. The van der Waals surface area contributed by atoms with Crippen LogP contribution in [0.25, 0.3) is 11.7 Å². The standard InChI is InChI=1S/C17H13FN4O3S/c18-12-4-6-13(7-5-12)22(9-2-8-19)15(23)11-26-17-21-20-16(25-17)14-3-1-10-24-14/h1,3-7,10H,2,9,11H2. The maximum Gasteiger partial charge on any atom is 0.284 e. The Morgan fingerprint density at radius 2 is 2.08 bits per heavy atom. The first-order chi connectivity index (χ1) is 12.7. The fourth-order valence-corrected chi connectivity index (χ4v) is 2.79. The topological polar surface area (TPSA) is 96.2 Å². The number of benzene rings is 1. The molecule has 0 radical (unpaired) electrons. The molecule has 9 heteroatoms. The number of carbonyl (C=O) groups excluding carboxylic acids is 1. The van der Waals surface area contributed by atoms with Gasteiger partial charge in [0.15, 0.2) is 5.76 Å². The van der Waals surface area contributed by atoms with Gasteiger partial charge in [0.1, 0.15) is 5.82 Å². The van der Waals surface area contributed by atoms with Gasteiger partial charge >= 0.3 is 0 Å². The van der Waals surface area contributed by atoms with Crippen LogP contribution < -0.4 is 4.90 Å². The zero-order valence-corrected chi connectivity index (χ0v) is 14.3. The average Bonchev–Trinajstić information content (AvgIpc) is 3.33. The molecule has 0 aliphatic rings. The van der Waals surface area contributed by atoms with Crippen LogP contribution in [0, 0.1) is 17.1 Å². The highest BCUT2D eigenvalue weighted by atomic mass is 32.2. The predicted octanol–water partition coefficient (Wildman–Crippen LogP) is 3.51. The van der Waals surface area contributed by atoms with Crippen LogP contribution >= 0.6 is 11.8 Å². The number of thioether (sulfide) groups is 1. The molecule has 0 saturated heterocycles. The van der Waals surface area contributed by atoms with Crippen LogP contribution in [0.3, 0.4) is 0 Å². The first-order valence-electron chi connectivity index (χ1n) is 7.60.